The predicted molar refractivity (Wildman–Crippen MR) is 94.9 cm³/mol. The highest BCUT2D eigenvalue weighted by molar-refractivity contribution is 7.89. The van der Waals surface area contributed by atoms with Crippen molar-refractivity contribution in [3.8, 4) is 0 Å². The maximum Gasteiger partial charge on any atom is 0.243 e. The summed E-state index contributed by atoms with van der Waals surface area (Å²) in [6.45, 7) is 1.26. The summed E-state index contributed by atoms with van der Waals surface area (Å²) in [6, 6.07) is 10.3. The molecule has 1 fully saturated rings. The summed E-state index contributed by atoms with van der Waals surface area (Å²) in [5, 5.41) is 2.32. The minimum Gasteiger partial charge on any atom is -0.341 e. The van der Waals surface area contributed by atoms with Gasteiger partial charge in [0.1, 0.15) is 0 Å². The molecule has 0 saturated carbocycles. The predicted octanol–water partition coefficient (Wildman–Crippen LogP) is 1.91. The van der Waals surface area contributed by atoms with Gasteiger partial charge >= 0.3 is 0 Å². The highest BCUT2D eigenvalue weighted by Crippen LogP contribution is 2.25. The molecule has 2 radical (unpaired) electrons. The molecule has 1 saturated heterocycles. The first-order chi connectivity index (χ1) is 11.4. The fourth-order valence-electron chi connectivity index (χ4n) is 2.81. The maximum absolute atomic E-state index is 12.8. The Labute approximate surface area is 147 Å². The van der Waals surface area contributed by atoms with Crippen molar-refractivity contribution >= 4 is 46.2 Å². The van der Waals surface area contributed by atoms with Crippen LogP contribution >= 0.6 is 11.6 Å². The second-order valence-corrected chi connectivity index (χ2v) is 8.02. The molecular weight excluding hydrogens is 347 g/mol. The molecule has 2 aromatic rings. The topological polar surface area (TPSA) is 57.7 Å². The zero-order valence-electron chi connectivity index (χ0n) is 13.0. The van der Waals surface area contributed by atoms with Crippen LogP contribution in [-0.2, 0) is 14.8 Å². The van der Waals surface area contributed by atoms with Gasteiger partial charge in [-0.05, 0) is 41.4 Å². The highest BCUT2D eigenvalue weighted by atomic mass is 35.5. The molecule has 1 heterocycles. The molecule has 3 rings (SSSR count). The Balaban J connectivity index is 1.83. The quantitative estimate of drug-likeness (QED) is 0.784. The Morgan fingerprint density at radius 3 is 2.33 bits per heavy atom. The van der Waals surface area contributed by atoms with Crippen LogP contribution < -0.4 is 0 Å². The van der Waals surface area contributed by atoms with Crippen LogP contribution in [-0.4, -0.2) is 57.6 Å². The normalized spacial score (nSPS) is 16.5. The van der Waals surface area contributed by atoms with Crippen molar-refractivity contribution in [1.82, 2.24) is 9.21 Å². The van der Waals surface area contributed by atoms with E-state index in [2.05, 4.69) is 0 Å². The lowest BCUT2D eigenvalue weighted by molar-refractivity contribution is -0.129. The van der Waals surface area contributed by atoms with E-state index in [-0.39, 0.29) is 30.2 Å². The Hall–Kier alpha value is -1.57. The molecule has 0 aromatic heterocycles. The van der Waals surface area contributed by atoms with Gasteiger partial charge in [-0.15, -0.1) is 0 Å². The standard InChI is InChI=1S/C16H16BClN2O3S/c17-11-16(21)19-5-7-20(8-6-19)24(22,23)15-4-2-12-9-14(18)3-1-13(12)10-15/h1-4,9-10H,5-8,11H2. The van der Waals surface area contributed by atoms with Crippen molar-refractivity contribution in [3.63, 3.8) is 0 Å². The molecular formula is C16H16BClN2O3S. The smallest absolute Gasteiger partial charge is 0.243 e. The fraction of sp³-hybridized carbons (Fsp3) is 0.312. The summed E-state index contributed by atoms with van der Waals surface area (Å²) in [4.78, 5) is 13.4. The van der Waals surface area contributed by atoms with Crippen molar-refractivity contribution < 1.29 is 13.2 Å². The van der Waals surface area contributed by atoms with Crippen LogP contribution in [0, 0.1) is 0 Å². The van der Waals surface area contributed by atoms with Crippen LogP contribution in [0.5, 0.6) is 0 Å². The maximum atomic E-state index is 12.8. The summed E-state index contributed by atoms with van der Waals surface area (Å²) in [5.74, 6) is -0.158. The van der Waals surface area contributed by atoms with Gasteiger partial charge < -0.3 is 4.90 Å². The number of hydrogen-bond donors (Lipinski definition) is 0. The number of carbonyl (C=O) groups is 1. The number of benzene rings is 2. The number of hydrogen-bond acceptors (Lipinski definition) is 3. The molecule has 0 spiro atoms. The van der Waals surface area contributed by atoms with E-state index in [9.17, 15) is 13.2 Å². The SMILES string of the molecule is [B]CC(=O)N1CCN(S(=O)(=O)c2ccc3cc(Cl)ccc3c2)CC1. The van der Waals surface area contributed by atoms with E-state index in [0.29, 0.717) is 18.1 Å². The number of rotatable bonds is 3. The van der Waals surface area contributed by atoms with Crippen LogP contribution in [0.15, 0.2) is 41.3 Å². The Kier molecular flexibility index (Phi) is 4.85. The van der Waals surface area contributed by atoms with Gasteiger partial charge in [0, 0.05) is 31.2 Å². The largest absolute Gasteiger partial charge is 0.341 e. The first-order valence-corrected chi connectivity index (χ1v) is 9.41. The molecule has 1 aliphatic rings. The highest BCUT2D eigenvalue weighted by Gasteiger charge is 2.29. The average Bonchev–Trinajstić information content (AvgIpc) is 2.60. The van der Waals surface area contributed by atoms with E-state index in [1.807, 2.05) is 0 Å². The van der Waals surface area contributed by atoms with Gasteiger partial charge in [-0.1, -0.05) is 23.7 Å². The van der Waals surface area contributed by atoms with Crippen LogP contribution in [0.25, 0.3) is 10.8 Å². The van der Waals surface area contributed by atoms with Crippen molar-refractivity contribution in [2.75, 3.05) is 26.2 Å². The van der Waals surface area contributed by atoms with E-state index < -0.39 is 10.0 Å². The molecule has 2 aromatic carbocycles. The lowest BCUT2D eigenvalue weighted by atomic mass is 10.0. The molecule has 1 amide bonds. The number of amides is 1. The third kappa shape index (κ3) is 3.29. The summed E-state index contributed by atoms with van der Waals surface area (Å²) in [5.41, 5.74) is 0. The minimum atomic E-state index is -3.59. The molecule has 5 nitrogen and oxygen atoms in total. The van der Waals surface area contributed by atoms with Crippen molar-refractivity contribution in [1.29, 1.82) is 0 Å². The monoisotopic (exact) mass is 362 g/mol. The van der Waals surface area contributed by atoms with Gasteiger partial charge in [0.25, 0.3) is 0 Å². The van der Waals surface area contributed by atoms with Crippen LogP contribution in [0.1, 0.15) is 0 Å². The third-order valence-corrected chi connectivity index (χ3v) is 6.31. The Morgan fingerprint density at radius 1 is 1.04 bits per heavy atom. The lowest BCUT2D eigenvalue weighted by Crippen LogP contribution is -2.50. The van der Waals surface area contributed by atoms with Crippen molar-refractivity contribution in [3.05, 3.63) is 41.4 Å². The van der Waals surface area contributed by atoms with E-state index in [0.717, 1.165) is 10.8 Å². The Morgan fingerprint density at radius 2 is 1.67 bits per heavy atom. The second-order valence-electron chi connectivity index (χ2n) is 5.64. The summed E-state index contributed by atoms with van der Waals surface area (Å²) in [6.07, 6.45) is -0.0556. The summed E-state index contributed by atoms with van der Waals surface area (Å²) in [7, 11) is 1.76. The number of halogens is 1. The van der Waals surface area contributed by atoms with E-state index in [1.165, 1.54) is 4.31 Å². The molecule has 8 heteroatoms. The van der Waals surface area contributed by atoms with Crippen LogP contribution in [0.3, 0.4) is 0 Å². The molecule has 0 atom stereocenters. The molecule has 0 bridgehead atoms. The van der Waals surface area contributed by atoms with Crippen molar-refractivity contribution in [2.45, 2.75) is 11.2 Å². The molecule has 1 aliphatic heterocycles. The second kappa shape index (κ2) is 6.74. The van der Waals surface area contributed by atoms with Gasteiger partial charge in [0.2, 0.25) is 15.9 Å². The van der Waals surface area contributed by atoms with E-state index >= 15 is 0 Å². The minimum absolute atomic E-state index is 0.0556. The first-order valence-electron chi connectivity index (χ1n) is 7.59. The zero-order valence-corrected chi connectivity index (χ0v) is 14.6. The Bertz CT molecular complexity index is 880. The third-order valence-electron chi connectivity index (χ3n) is 4.18. The van der Waals surface area contributed by atoms with Crippen LogP contribution in [0.2, 0.25) is 11.3 Å². The number of piperazine rings is 1. The van der Waals surface area contributed by atoms with Gasteiger partial charge in [0.05, 0.1) is 12.7 Å². The van der Waals surface area contributed by atoms with Crippen LogP contribution in [0.4, 0.5) is 0 Å². The van der Waals surface area contributed by atoms with Gasteiger partial charge in [-0.3, -0.25) is 4.79 Å². The molecule has 0 N–H and O–H groups in total. The van der Waals surface area contributed by atoms with Crippen molar-refractivity contribution in [2.24, 2.45) is 0 Å². The van der Waals surface area contributed by atoms with Gasteiger partial charge in [-0.25, -0.2) is 8.42 Å². The average molecular weight is 363 g/mol. The number of fused-ring (bicyclic) bond motifs is 1. The molecule has 124 valence electrons. The van der Waals surface area contributed by atoms with Gasteiger partial charge in [0.15, 0.2) is 0 Å². The van der Waals surface area contributed by atoms with E-state index in [1.54, 1.807) is 41.3 Å². The molecule has 24 heavy (non-hydrogen) atoms. The first kappa shape index (κ1) is 17.3. The summed E-state index contributed by atoms with van der Waals surface area (Å²) < 4.78 is 27.0. The van der Waals surface area contributed by atoms with Gasteiger partial charge in [-0.2, -0.15) is 4.31 Å². The zero-order chi connectivity index (χ0) is 17.3. The number of carbonyl (C=O) groups excluding carboxylic acids is 1. The molecule has 0 aliphatic carbocycles. The fourth-order valence-corrected chi connectivity index (χ4v) is 4.45. The lowest BCUT2D eigenvalue weighted by Gasteiger charge is -2.34. The number of nitrogens with zero attached hydrogens (tertiary/aromatic N) is 2. The molecule has 0 unspecified atom stereocenters. The number of sulfonamides is 1. The summed E-state index contributed by atoms with van der Waals surface area (Å²) >= 11 is 5.95. The van der Waals surface area contributed by atoms with E-state index in [4.69, 9.17) is 19.4 Å².